The average molecular weight is 493 g/mol. The lowest BCUT2D eigenvalue weighted by Gasteiger charge is -2.33. The standard InChI is InChI=1S/C29H33ClN2O3/c1-21-10-8-15-25(16-21)35-20-27(33)32(19-23-13-9-14-24(30)17-23)26(28(34)31-29(2,3)4)18-22-11-6-5-7-12-22/h5-17,26H,18-20H2,1-4H3,(H,31,34)/t26-/m0/s1. The van der Waals surface area contributed by atoms with Crippen LogP contribution in [0.4, 0.5) is 0 Å². The highest BCUT2D eigenvalue weighted by Crippen LogP contribution is 2.19. The molecule has 2 amide bonds. The van der Waals surface area contributed by atoms with E-state index in [1.165, 1.54) is 0 Å². The molecule has 0 saturated carbocycles. The largest absolute Gasteiger partial charge is 0.484 e. The molecule has 3 aromatic carbocycles. The molecule has 3 rings (SSSR count). The topological polar surface area (TPSA) is 58.6 Å². The van der Waals surface area contributed by atoms with Gasteiger partial charge in [0.05, 0.1) is 0 Å². The molecule has 5 nitrogen and oxygen atoms in total. The third kappa shape index (κ3) is 8.45. The van der Waals surface area contributed by atoms with Gasteiger partial charge in [-0.25, -0.2) is 0 Å². The molecule has 6 heteroatoms. The molecule has 0 heterocycles. The number of amides is 2. The van der Waals surface area contributed by atoms with Gasteiger partial charge in [-0.1, -0.05) is 66.2 Å². The zero-order valence-corrected chi connectivity index (χ0v) is 21.5. The van der Waals surface area contributed by atoms with Gasteiger partial charge in [0, 0.05) is 23.5 Å². The van der Waals surface area contributed by atoms with Gasteiger partial charge < -0.3 is 15.0 Å². The first-order valence-electron chi connectivity index (χ1n) is 11.7. The van der Waals surface area contributed by atoms with Gasteiger partial charge in [-0.15, -0.1) is 0 Å². The fraction of sp³-hybridized carbons (Fsp3) is 0.310. The lowest BCUT2D eigenvalue weighted by molar-refractivity contribution is -0.143. The van der Waals surface area contributed by atoms with Crippen LogP contribution >= 0.6 is 11.6 Å². The number of rotatable bonds is 9. The van der Waals surface area contributed by atoms with Crippen LogP contribution in [-0.2, 0) is 22.6 Å². The lowest BCUT2D eigenvalue weighted by atomic mass is 10.0. The van der Waals surface area contributed by atoms with E-state index in [1.54, 1.807) is 11.0 Å². The van der Waals surface area contributed by atoms with Gasteiger partial charge >= 0.3 is 0 Å². The van der Waals surface area contributed by atoms with Gasteiger partial charge in [0.2, 0.25) is 5.91 Å². The van der Waals surface area contributed by atoms with Crippen LogP contribution in [0.3, 0.4) is 0 Å². The highest BCUT2D eigenvalue weighted by Gasteiger charge is 2.32. The van der Waals surface area contributed by atoms with E-state index >= 15 is 0 Å². The summed E-state index contributed by atoms with van der Waals surface area (Å²) in [5.41, 5.74) is 2.39. The van der Waals surface area contributed by atoms with E-state index in [-0.39, 0.29) is 25.0 Å². The summed E-state index contributed by atoms with van der Waals surface area (Å²) in [6.07, 6.45) is 0.375. The maximum Gasteiger partial charge on any atom is 0.261 e. The van der Waals surface area contributed by atoms with Crippen molar-refractivity contribution in [2.24, 2.45) is 0 Å². The number of hydrogen-bond acceptors (Lipinski definition) is 3. The maximum absolute atomic E-state index is 13.6. The Hall–Kier alpha value is -3.31. The first kappa shape index (κ1) is 26.3. The maximum atomic E-state index is 13.6. The second kappa shape index (κ2) is 11.9. The van der Waals surface area contributed by atoms with Crippen LogP contribution in [0.2, 0.25) is 5.02 Å². The Balaban J connectivity index is 1.93. The SMILES string of the molecule is Cc1cccc(OCC(=O)N(Cc2cccc(Cl)c2)[C@@H](Cc2ccccc2)C(=O)NC(C)(C)C)c1. The third-order valence-electron chi connectivity index (χ3n) is 5.36. The number of halogens is 1. The number of ether oxygens (including phenoxy) is 1. The predicted octanol–water partition coefficient (Wildman–Crippen LogP) is 5.58. The Labute approximate surface area is 213 Å². The number of nitrogens with one attached hydrogen (secondary N) is 1. The fourth-order valence-corrected chi connectivity index (χ4v) is 3.98. The number of carbonyl (C=O) groups excluding carboxylic acids is 2. The minimum Gasteiger partial charge on any atom is -0.484 e. The first-order chi connectivity index (χ1) is 16.6. The smallest absolute Gasteiger partial charge is 0.261 e. The molecule has 0 saturated heterocycles. The van der Waals surface area contributed by atoms with E-state index in [9.17, 15) is 9.59 Å². The molecule has 35 heavy (non-hydrogen) atoms. The molecule has 184 valence electrons. The van der Waals surface area contributed by atoms with Gasteiger partial charge in [0.1, 0.15) is 11.8 Å². The molecular formula is C29H33ClN2O3. The van der Waals surface area contributed by atoms with Gasteiger partial charge in [0.15, 0.2) is 6.61 Å². The van der Waals surface area contributed by atoms with E-state index in [2.05, 4.69) is 5.32 Å². The van der Waals surface area contributed by atoms with Crippen LogP contribution in [0.25, 0.3) is 0 Å². The van der Waals surface area contributed by atoms with Crippen LogP contribution in [0.1, 0.15) is 37.5 Å². The van der Waals surface area contributed by atoms with Crippen molar-refractivity contribution in [3.05, 3.63) is 101 Å². The summed E-state index contributed by atoms with van der Waals surface area (Å²) in [5, 5.41) is 3.63. The number of hydrogen-bond donors (Lipinski definition) is 1. The summed E-state index contributed by atoms with van der Waals surface area (Å²) < 4.78 is 5.82. The molecule has 0 aliphatic rings. The summed E-state index contributed by atoms with van der Waals surface area (Å²) in [6.45, 7) is 7.79. The Bertz CT molecular complexity index is 1140. The van der Waals surface area contributed by atoms with Crippen molar-refractivity contribution in [2.75, 3.05) is 6.61 Å². The van der Waals surface area contributed by atoms with E-state index < -0.39 is 11.6 Å². The van der Waals surface area contributed by atoms with Gasteiger partial charge in [0.25, 0.3) is 5.91 Å². The molecule has 0 aromatic heterocycles. The lowest BCUT2D eigenvalue weighted by Crippen LogP contribution is -2.55. The van der Waals surface area contributed by atoms with Gasteiger partial charge in [-0.2, -0.15) is 0 Å². The van der Waals surface area contributed by atoms with Crippen LogP contribution in [-0.4, -0.2) is 34.9 Å². The number of nitrogens with zero attached hydrogens (tertiary/aromatic N) is 1. The molecule has 0 aliphatic carbocycles. The van der Waals surface area contributed by atoms with Crippen LogP contribution in [0.15, 0.2) is 78.9 Å². The second-order valence-corrected chi connectivity index (χ2v) is 10.1. The van der Waals surface area contributed by atoms with Crippen molar-refractivity contribution in [3.8, 4) is 5.75 Å². The summed E-state index contributed by atoms with van der Waals surface area (Å²) >= 11 is 6.22. The minimum absolute atomic E-state index is 0.182. The van der Waals surface area contributed by atoms with Crippen LogP contribution in [0, 0.1) is 6.92 Å². The van der Waals surface area contributed by atoms with Crippen molar-refractivity contribution < 1.29 is 14.3 Å². The third-order valence-corrected chi connectivity index (χ3v) is 5.60. The monoisotopic (exact) mass is 492 g/mol. The number of aryl methyl sites for hydroxylation is 1. The predicted molar refractivity (Wildman–Crippen MR) is 141 cm³/mol. The highest BCUT2D eigenvalue weighted by molar-refractivity contribution is 6.30. The fourth-order valence-electron chi connectivity index (χ4n) is 3.77. The van der Waals surface area contributed by atoms with Gasteiger partial charge in [-0.05, 0) is 68.7 Å². The van der Waals surface area contributed by atoms with Crippen molar-refractivity contribution >= 4 is 23.4 Å². The minimum atomic E-state index is -0.732. The summed E-state index contributed by atoms with van der Waals surface area (Å²) in [7, 11) is 0. The van der Waals surface area contributed by atoms with E-state index in [0.717, 1.165) is 16.7 Å². The molecule has 1 atom stereocenters. The zero-order chi connectivity index (χ0) is 25.4. The summed E-state index contributed by atoms with van der Waals surface area (Å²) in [4.78, 5) is 28.7. The second-order valence-electron chi connectivity index (χ2n) is 9.70. The first-order valence-corrected chi connectivity index (χ1v) is 12.1. The molecule has 0 fully saturated rings. The van der Waals surface area contributed by atoms with Crippen molar-refractivity contribution in [2.45, 2.75) is 52.2 Å². The van der Waals surface area contributed by atoms with E-state index in [1.807, 2.05) is 100 Å². The van der Waals surface area contributed by atoms with Crippen molar-refractivity contribution in [3.63, 3.8) is 0 Å². The van der Waals surface area contributed by atoms with Crippen LogP contribution < -0.4 is 10.1 Å². The van der Waals surface area contributed by atoms with E-state index in [4.69, 9.17) is 16.3 Å². The molecule has 0 radical (unpaired) electrons. The summed E-state index contributed by atoms with van der Waals surface area (Å²) in [5.74, 6) is 0.114. The van der Waals surface area contributed by atoms with E-state index in [0.29, 0.717) is 17.2 Å². The Morgan fingerprint density at radius 3 is 2.29 bits per heavy atom. The van der Waals surface area contributed by atoms with Gasteiger partial charge in [-0.3, -0.25) is 9.59 Å². The van der Waals surface area contributed by atoms with Crippen molar-refractivity contribution in [1.29, 1.82) is 0 Å². The zero-order valence-electron chi connectivity index (χ0n) is 20.8. The molecule has 0 aliphatic heterocycles. The molecule has 1 N–H and O–H groups in total. The van der Waals surface area contributed by atoms with Crippen molar-refractivity contribution in [1.82, 2.24) is 10.2 Å². The Morgan fingerprint density at radius 1 is 0.943 bits per heavy atom. The number of carbonyl (C=O) groups is 2. The highest BCUT2D eigenvalue weighted by atomic mass is 35.5. The number of benzene rings is 3. The summed E-state index contributed by atoms with van der Waals surface area (Å²) in [6, 6.07) is 23.8. The molecule has 0 unspecified atom stereocenters. The molecule has 0 spiro atoms. The quantitative estimate of drug-likeness (QED) is 0.424. The molecule has 0 bridgehead atoms. The Kier molecular flexibility index (Phi) is 8.94. The normalized spacial score (nSPS) is 12.0. The average Bonchev–Trinajstić information content (AvgIpc) is 2.79. The molecular weight excluding hydrogens is 460 g/mol. The van der Waals surface area contributed by atoms with Crippen LogP contribution in [0.5, 0.6) is 5.75 Å². The Morgan fingerprint density at radius 2 is 1.63 bits per heavy atom. The molecule has 3 aromatic rings.